The van der Waals surface area contributed by atoms with E-state index in [4.69, 9.17) is 10.5 Å². The first-order valence-electron chi connectivity index (χ1n) is 10.3. The molecule has 1 unspecified atom stereocenters. The van der Waals surface area contributed by atoms with Gasteiger partial charge in [-0.25, -0.2) is 19.2 Å². The zero-order valence-corrected chi connectivity index (χ0v) is 18.1. The van der Waals surface area contributed by atoms with Crippen LogP contribution in [-0.4, -0.2) is 46.2 Å². The summed E-state index contributed by atoms with van der Waals surface area (Å²) in [4.78, 5) is 36.5. The Hall–Kier alpha value is -3.37. The standard InChI is InChI=1S/C22H20FN5O3S/c1-2-31-21(30)14-11-28(22-25-16-5-3-4-6-17(16)32-22)19-13(18(14)29)9-15(23)20(26-19)27-8-7-12(24)10-27/h3-6,9,11-12H,2,7-8,10,24H2,1H3. The van der Waals surface area contributed by atoms with Crippen molar-refractivity contribution in [2.24, 2.45) is 5.73 Å². The highest BCUT2D eigenvalue weighted by molar-refractivity contribution is 7.20. The number of para-hydroxylation sites is 1. The number of rotatable bonds is 4. The maximum Gasteiger partial charge on any atom is 0.343 e. The Morgan fingerprint density at radius 2 is 2.16 bits per heavy atom. The zero-order chi connectivity index (χ0) is 22.4. The van der Waals surface area contributed by atoms with E-state index in [2.05, 4.69) is 9.97 Å². The Morgan fingerprint density at radius 3 is 2.88 bits per heavy atom. The lowest BCUT2D eigenvalue weighted by atomic mass is 10.2. The highest BCUT2D eigenvalue weighted by Crippen LogP contribution is 2.29. The van der Waals surface area contributed by atoms with E-state index in [9.17, 15) is 9.59 Å². The molecule has 1 aliphatic heterocycles. The van der Waals surface area contributed by atoms with Gasteiger partial charge >= 0.3 is 5.97 Å². The molecule has 0 spiro atoms. The zero-order valence-electron chi connectivity index (χ0n) is 17.2. The van der Waals surface area contributed by atoms with Crippen LogP contribution in [0.4, 0.5) is 10.2 Å². The lowest BCUT2D eigenvalue weighted by Crippen LogP contribution is -2.28. The Labute approximate surface area is 186 Å². The summed E-state index contributed by atoms with van der Waals surface area (Å²) in [6.45, 7) is 2.81. The molecule has 0 aliphatic carbocycles. The number of benzene rings is 1. The summed E-state index contributed by atoms with van der Waals surface area (Å²) < 4.78 is 22.6. The SMILES string of the molecule is CCOC(=O)c1cn(-c2nc3ccccc3s2)c2nc(N3CCC(N)C3)c(F)cc2c1=O. The van der Waals surface area contributed by atoms with E-state index in [1.54, 1.807) is 16.4 Å². The van der Waals surface area contributed by atoms with E-state index in [1.807, 2.05) is 24.3 Å². The molecule has 5 rings (SSSR count). The first kappa shape index (κ1) is 20.5. The molecular formula is C22H20FN5O3S. The number of pyridine rings is 2. The minimum absolute atomic E-state index is 0.0143. The summed E-state index contributed by atoms with van der Waals surface area (Å²) in [7, 11) is 0. The second-order valence-electron chi connectivity index (χ2n) is 7.59. The van der Waals surface area contributed by atoms with Crippen LogP contribution in [0.25, 0.3) is 26.4 Å². The first-order valence-corrected chi connectivity index (χ1v) is 11.1. The van der Waals surface area contributed by atoms with Crippen molar-refractivity contribution in [2.75, 3.05) is 24.6 Å². The number of carbonyl (C=O) groups is 1. The van der Waals surface area contributed by atoms with Gasteiger partial charge in [0.1, 0.15) is 5.56 Å². The Morgan fingerprint density at radius 1 is 1.34 bits per heavy atom. The van der Waals surface area contributed by atoms with Crippen LogP contribution in [0.3, 0.4) is 0 Å². The molecule has 2 N–H and O–H groups in total. The van der Waals surface area contributed by atoms with Crippen molar-refractivity contribution in [3.63, 3.8) is 0 Å². The predicted molar refractivity (Wildman–Crippen MR) is 121 cm³/mol. The molecule has 164 valence electrons. The summed E-state index contributed by atoms with van der Waals surface area (Å²) in [6.07, 6.45) is 2.11. The van der Waals surface area contributed by atoms with Gasteiger partial charge in [0.05, 0.1) is 22.2 Å². The maximum absolute atomic E-state index is 15.0. The molecule has 4 aromatic rings. The van der Waals surface area contributed by atoms with Crippen LogP contribution >= 0.6 is 11.3 Å². The molecule has 0 amide bonds. The van der Waals surface area contributed by atoms with Crippen LogP contribution in [0.1, 0.15) is 23.7 Å². The number of thiazole rings is 1. The van der Waals surface area contributed by atoms with Gasteiger partial charge in [0.2, 0.25) is 5.43 Å². The van der Waals surface area contributed by atoms with Gasteiger partial charge < -0.3 is 15.4 Å². The summed E-state index contributed by atoms with van der Waals surface area (Å²) in [5.74, 6) is -1.28. The Bertz CT molecular complexity index is 1380. The number of ether oxygens (including phenoxy) is 1. The summed E-state index contributed by atoms with van der Waals surface area (Å²) in [5.41, 5.74) is 6.15. The van der Waals surface area contributed by atoms with Crippen LogP contribution in [0, 0.1) is 5.82 Å². The number of aromatic nitrogens is 3. The molecule has 1 atom stereocenters. The maximum atomic E-state index is 15.0. The average Bonchev–Trinajstić information content (AvgIpc) is 3.40. The van der Waals surface area contributed by atoms with Gasteiger partial charge in [-0.2, -0.15) is 0 Å². The lowest BCUT2D eigenvalue weighted by molar-refractivity contribution is 0.0524. The molecule has 1 fully saturated rings. The van der Waals surface area contributed by atoms with Crippen molar-refractivity contribution in [3.05, 3.63) is 58.1 Å². The Balaban J connectivity index is 1.79. The third-order valence-corrected chi connectivity index (χ3v) is 6.46. The highest BCUT2D eigenvalue weighted by atomic mass is 32.1. The second kappa shape index (κ2) is 7.95. The van der Waals surface area contributed by atoms with Crippen LogP contribution in [0.2, 0.25) is 0 Å². The van der Waals surface area contributed by atoms with Crippen LogP contribution in [0.15, 0.2) is 41.3 Å². The molecule has 4 heterocycles. The fraction of sp³-hybridized carbons (Fsp3) is 0.273. The van der Waals surface area contributed by atoms with Crippen LogP contribution in [-0.2, 0) is 4.74 Å². The topological polar surface area (TPSA) is 103 Å². The minimum Gasteiger partial charge on any atom is -0.462 e. The number of hydrogen-bond donors (Lipinski definition) is 1. The number of fused-ring (bicyclic) bond motifs is 2. The number of halogens is 1. The second-order valence-corrected chi connectivity index (χ2v) is 8.60. The van der Waals surface area contributed by atoms with Crippen LogP contribution < -0.4 is 16.1 Å². The van der Waals surface area contributed by atoms with Gasteiger partial charge in [-0.05, 0) is 31.5 Å². The molecule has 1 aromatic carbocycles. The van der Waals surface area contributed by atoms with Gasteiger partial charge in [-0.15, -0.1) is 0 Å². The molecule has 10 heteroatoms. The number of esters is 1. The molecule has 0 bridgehead atoms. The van der Waals surface area contributed by atoms with E-state index >= 15 is 4.39 Å². The Kier molecular flexibility index (Phi) is 5.10. The minimum atomic E-state index is -0.774. The monoisotopic (exact) mass is 453 g/mol. The molecule has 0 radical (unpaired) electrons. The average molecular weight is 453 g/mol. The molecule has 3 aromatic heterocycles. The van der Waals surface area contributed by atoms with E-state index in [-0.39, 0.29) is 35.1 Å². The predicted octanol–water partition coefficient (Wildman–Crippen LogP) is 2.85. The van der Waals surface area contributed by atoms with E-state index < -0.39 is 17.2 Å². The largest absolute Gasteiger partial charge is 0.462 e. The van der Waals surface area contributed by atoms with Crippen molar-refractivity contribution in [2.45, 2.75) is 19.4 Å². The van der Waals surface area contributed by atoms with Gasteiger partial charge in [-0.1, -0.05) is 23.5 Å². The molecule has 0 saturated carbocycles. The quantitative estimate of drug-likeness (QED) is 0.474. The van der Waals surface area contributed by atoms with Gasteiger partial charge in [0.15, 0.2) is 22.4 Å². The van der Waals surface area contributed by atoms with Crippen molar-refractivity contribution in [3.8, 4) is 5.13 Å². The van der Waals surface area contributed by atoms with E-state index in [0.717, 1.165) is 22.7 Å². The van der Waals surface area contributed by atoms with Gasteiger partial charge in [0.25, 0.3) is 0 Å². The van der Waals surface area contributed by atoms with Crippen LogP contribution in [0.5, 0.6) is 0 Å². The molecule has 1 aliphatic rings. The fourth-order valence-electron chi connectivity index (χ4n) is 3.88. The van der Waals surface area contributed by atoms with Gasteiger partial charge in [-0.3, -0.25) is 9.36 Å². The van der Waals surface area contributed by atoms with Crippen molar-refractivity contribution in [1.82, 2.24) is 14.5 Å². The molecule has 1 saturated heterocycles. The van der Waals surface area contributed by atoms with E-state index in [0.29, 0.717) is 18.2 Å². The molecule has 32 heavy (non-hydrogen) atoms. The highest BCUT2D eigenvalue weighted by Gasteiger charge is 2.26. The first-order chi connectivity index (χ1) is 15.5. The molecule has 8 nitrogen and oxygen atoms in total. The normalized spacial score (nSPS) is 16.2. The number of hydrogen-bond acceptors (Lipinski definition) is 8. The summed E-state index contributed by atoms with van der Waals surface area (Å²) >= 11 is 1.38. The number of anilines is 1. The van der Waals surface area contributed by atoms with E-state index in [1.165, 1.54) is 17.5 Å². The fourth-order valence-corrected chi connectivity index (χ4v) is 4.82. The van der Waals surface area contributed by atoms with Gasteiger partial charge in [0, 0.05) is 25.3 Å². The smallest absolute Gasteiger partial charge is 0.343 e. The number of carbonyl (C=O) groups excluding carboxylic acids is 1. The summed E-state index contributed by atoms with van der Waals surface area (Å²) in [6, 6.07) is 8.65. The van der Waals surface area contributed by atoms with Crippen molar-refractivity contribution < 1.29 is 13.9 Å². The number of nitrogens with zero attached hydrogens (tertiary/aromatic N) is 4. The van der Waals surface area contributed by atoms with Crippen molar-refractivity contribution in [1.29, 1.82) is 0 Å². The third kappa shape index (κ3) is 3.41. The number of nitrogens with two attached hydrogens (primary N) is 1. The lowest BCUT2D eigenvalue weighted by Gasteiger charge is -2.19. The third-order valence-electron chi connectivity index (χ3n) is 5.42. The summed E-state index contributed by atoms with van der Waals surface area (Å²) in [5, 5.41) is 0.490. The van der Waals surface area contributed by atoms with Crippen molar-refractivity contribution >= 4 is 44.4 Å². The molecular weight excluding hydrogens is 433 g/mol.